The number of H-pyrrole nitrogens is 1. The Kier molecular flexibility index (Phi) is 47.2. The van der Waals surface area contributed by atoms with Crippen LogP contribution in [0.2, 0.25) is 0 Å². The predicted molar refractivity (Wildman–Crippen MR) is 437 cm³/mol. The van der Waals surface area contributed by atoms with Gasteiger partial charge in [0.1, 0.15) is 78.5 Å². The summed E-state index contributed by atoms with van der Waals surface area (Å²) in [5, 5.41) is 94.0. The fraction of sp³-hybridized carbons (Fsp3) is 0.622. The molecule has 14 atom stereocenters. The number of benzene rings is 1. The first-order valence-corrected chi connectivity index (χ1v) is 39.7. The molecule has 15 amide bonds. The summed E-state index contributed by atoms with van der Waals surface area (Å²) < 4.78 is 0. The van der Waals surface area contributed by atoms with E-state index in [9.17, 15) is 102 Å². The van der Waals surface area contributed by atoms with Gasteiger partial charge in [-0.3, -0.25) is 87.5 Å². The number of nitrogens with two attached hydrogens (primary N) is 4. The third kappa shape index (κ3) is 41.5. The number of nitrogens with one attached hydrogen (secondary N) is 19. The summed E-state index contributed by atoms with van der Waals surface area (Å²) in [6.45, 7) is 12.7. The van der Waals surface area contributed by atoms with Crippen LogP contribution in [-0.2, 0) is 94.3 Å². The maximum atomic E-state index is 14.7. The number of carbonyl (C=O) groups excluding carboxylic acids is 15. The number of carboxylic acids is 2. The van der Waals surface area contributed by atoms with Crippen LogP contribution in [0.15, 0.2) is 42.9 Å². The topological polar surface area (TPSA) is 744 Å². The Labute approximate surface area is 699 Å². The Morgan fingerprint density at radius 3 is 1.23 bits per heavy atom. The van der Waals surface area contributed by atoms with Gasteiger partial charge in [0.05, 0.1) is 44.2 Å². The Morgan fingerprint density at radius 1 is 0.450 bits per heavy atom. The number of hydrogen-bond donors (Lipinski definition) is 28. The van der Waals surface area contributed by atoms with Crippen LogP contribution in [0, 0.1) is 34.5 Å². The third-order valence-corrected chi connectivity index (χ3v) is 18.1. The van der Waals surface area contributed by atoms with Gasteiger partial charge in [0.25, 0.3) is 0 Å². The van der Waals surface area contributed by atoms with Crippen molar-refractivity contribution in [1.82, 2.24) is 95.0 Å². The van der Waals surface area contributed by atoms with E-state index in [1.54, 1.807) is 85.7 Å². The van der Waals surface area contributed by atoms with Gasteiger partial charge in [-0.1, -0.05) is 85.7 Å². The van der Waals surface area contributed by atoms with Gasteiger partial charge in [0.2, 0.25) is 88.6 Å². The number of aliphatic carboxylic acids is 2. The van der Waals surface area contributed by atoms with Crippen LogP contribution in [0.5, 0.6) is 0 Å². The first-order chi connectivity index (χ1) is 56.3. The minimum atomic E-state index is -2.09. The van der Waals surface area contributed by atoms with Gasteiger partial charge in [-0.05, 0) is 93.9 Å². The normalized spacial score (nSPS) is 14.6. The number of carbonyl (C=O) groups is 17. The average molecular weight is 1720 g/mol. The number of carboxylic acid groups (broad SMARTS) is 2. The number of aliphatic hydroxyl groups is 2. The minimum absolute atomic E-state index is 0.000110. The lowest BCUT2D eigenvalue weighted by molar-refractivity contribution is -0.142. The minimum Gasteiger partial charge on any atom is -0.481 e. The molecule has 45 nitrogen and oxygen atoms in total. The molecule has 0 saturated carbocycles. The summed E-state index contributed by atoms with van der Waals surface area (Å²) in [5.41, 5.74) is 22.8. The number of rotatable bonds is 57. The summed E-state index contributed by atoms with van der Waals surface area (Å²) in [4.78, 5) is 239. The van der Waals surface area contributed by atoms with E-state index in [-0.39, 0.29) is 101 Å². The number of primary amides is 1. The van der Waals surface area contributed by atoms with Crippen molar-refractivity contribution in [3.63, 3.8) is 0 Å². The van der Waals surface area contributed by atoms with E-state index in [0.29, 0.717) is 11.3 Å². The van der Waals surface area contributed by atoms with Crippen LogP contribution >= 0.6 is 12.6 Å². The van der Waals surface area contributed by atoms with Gasteiger partial charge in [0.15, 0.2) is 11.9 Å². The van der Waals surface area contributed by atoms with Crippen molar-refractivity contribution in [2.45, 2.75) is 230 Å². The second-order valence-corrected chi connectivity index (χ2v) is 30.7. The van der Waals surface area contributed by atoms with Crippen molar-refractivity contribution < 1.29 is 102 Å². The van der Waals surface area contributed by atoms with Gasteiger partial charge >= 0.3 is 11.9 Å². The number of aromatic amines is 1. The Bertz CT molecular complexity index is 3780. The van der Waals surface area contributed by atoms with Gasteiger partial charge in [-0.25, -0.2) is 9.78 Å². The molecule has 0 bridgehead atoms. The van der Waals surface area contributed by atoms with Crippen LogP contribution in [0.4, 0.5) is 0 Å². The SMILES string of the molecule is CC(C)C[C@H](NC(=O)CNC(=O)[C@H](CC(C)C)NC(=O)[C@H](CCCNC(=N)N)NC(=O)[C@H](CCCNC(=N)N)NC(=O)[C@H](CCC(N)=O)NC(=O)[C@H](CC(=O)O)NC(=O)[C@H](CS)NC(=O)[C@H](Cc1ccccc1)NC(=O)CNC(=O)[C@@H](NC(=O)[C@@H](N)CO)[C@@H](C)O)C(=O)N[C@@H](CC(C)C)C(=O)N[C@@H](CC(C)C)C(=O)N[C@@H](Cc1c[nH]cn1)C(=O)O. The lowest BCUT2D eigenvalue weighted by atomic mass is 9.98. The monoisotopic (exact) mass is 1710 g/mol. The number of nitrogens with zero attached hydrogens (tertiary/aromatic N) is 1. The molecule has 0 spiro atoms. The average Bonchev–Trinajstić information content (AvgIpc) is 0.918. The van der Waals surface area contributed by atoms with Crippen molar-refractivity contribution in [1.29, 1.82) is 10.8 Å². The third-order valence-electron chi connectivity index (χ3n) is 17.7. The molecule has 670 valence electrons. The zero-order valence-electron chi connectivity index (χ0n) is 68.8. The van der Waals surface area contributed by atoms with E-state index in [2.05, 4.69) is 108 Å². The number of imidazole rings is 1. The maximum absolute atomic E-state index is 14.7. The summed E-state index contributed by atoms with van der Waals surface area (Å²) in [6, 6.07) is -12.3. The zero-order valence-corrected chi connectivity index (χ0v) is 69.7. The first kappa shape index (κ1) is 104. The molecule has 0 fully saturated rings. The molecule has 1 aromatic heterocycles. The number of aromatic nitrogens is 2. The first-order valence-electron chi connectivity index (χ1n) is 39.1. The molecule has 31 N–H and O–H groups in total. The van der Waals surface area contributed by atoms with Crippen molar-refractivity contribution in [3.8, 4) is 0 Å². The highest BCUT2D eigenvalue weighted by Gasteiger charge is 2.38. The highest BCUT2D eigenvalue weighted by Crippen LogP contribution is 2.15. The second-order valence-electron chi connectivity index (χ2n) is 30.3. The Hall–Kier alpha value is -11.8. The smallest absolute Gasteiger partial charge is 0.326 e. The lowest BCUT2D eigenvalue weighted by Crippen LogP contribution is -2.61. The van der Waals surface area contributed by atoms with Crippen molar-refractivity contribution in [2.75, 3.05) is 38.5 Å². The summed E-state index contributed by atoms with van der Waals surface area (Å²) in [5.74, 6) is -20.7. The molecule has 0 radical (unpaired) electrons. The largest absolute Gasteiger partial charge is 0.481 e. The second kappa shape index (κ2) is 54.3. The van der Waals surface area contributed by atoms with Crippen LogP contribution in [0.1, 0.15) is 144 Å². The number of thiol groups is 1. The molecule has 0 saturated heterocycles. The van der Waals surface area contributed by atoms with Crippen LogP contribution in [0.3, 0.4) is 0 Å². The predicted octanol–water partition coefficient (Wildman–Crippen LogP) is -7.59. The highest BCUT2D eigenvalue weighted by molar-refractivity contribution is 7.80. The van der Waals surface area contributed by atoms with E-state index in [1.165, 1.54) is 12.5 Å². The standard InChI is InChI=1S/C74H122N24O21S/c1-36(2)23-47(61(107)84-31-56(102)87-48(24-37(3)4)65(111)93-49(25-38(5)6)66(112)94-50(26-39(7)8)67(113)96-53(72(118)119)28-42-30-81-35-86-42)92-63(109)45(18-14-22-83-74(79)80)89-62(108)44(17-13-21-82-73(77)78)90-64(110)46(19-20-55(76)101)91-69(115)52(29-58(104)105)95-70(116)54(34-120)97-68(114)51(27-41-15-11-10-12-16-41)88-57(103)32-85-71(117)59(40(9)100)98-60(106)43(75)33-99/h10-12,15-16,30,35-40,43-54,59,99-100,120H,13-14,17-29,31-34,75H2,1-9H3,(H2,76,101)(H,81,86)(H,84,107)(H,85,117)(H,87,102)(H,88,103)(H,89,108)(H,90,110)(H,91,115)(H,92,109)(H,93,111)(H,94,112)(H,95,116)(H,96,113)(H,97,114)(H,98,106)(H,104,105)(H,118,119)(H4,77,78,82)(H4,79,80,83)/t40-,43+,44+,45+,46+,47+,48+,49+,50+,51+,52+,53+,54+,59+/m1/s1. The molecule has 2 aromatic rings. The van der Waals surface area contributed by atoms with Crippen LogP contribution in [-0.4, -0.2) is 266 Å². The van der Waals surface area contributed by atoms with Gasteiger partial charge in [-0.15, -0.1) is 0 Å². The molecule has 0 unspecified atom stereocenters. The van der Waals surface area contributed by atoms with E-state index in [4.69, 9.17) is 33.8 Å². The van der Waals surface area contributed by atoms with Gasteiger partial charge in [-0.2, -0.15) is 12.6 Å². The van der Waals surface area contributed by atoms with Crippen molar-refractivity contribution in [3.05, 3.63) is 54.1 Å². The lowest BCUT2D eigenvalue weighted by Gasteiger charge is -2.28. The molecule has 0 aliphatic heterocycles. The quantitative estimate of drug-likeness (QED) is 0.0127. The summed E-state index contributed by atoms with van der Waals surface area (Å²) >= 11 is 4.18. The Balaban J connectivity index is 2.49. The number of aliphatic hydroxyl groups excluding tert-OH is 2. The van der Waals surface area contributed by atoms with Crippen molar-refractivity contribution in [2.24, 2.45) is 46.6 Å². The van der Waals surface area contributed by atoms with E-state index >= 15 is 0 Å². The Morgan fingerprint density at radius 2 is 0.825 bits per heavy atom. The fourth-order valence-corrected chi connectivity index (χ4v) is 11.9. The number of guanidine groups is 2. The highest BCUT2D eigenvalue weighted by atomic mass is 32.1. The maximum Gasteiger partial charge on any atom is 0.326 e. The number of amides is 15. The molecule has 1 aromatic carbocycles. The molecule has 2 rings (SSSR count). The van der Waals surface area contributed by atoms with Crippen LogP contribution < -0.4 is 108 Å². The molecular formula is C74H122N24O21S. The molecule has 46 heteroatoms. The fourth-order valence-electron chi connectivity index (χ4n) is 11.7. The summed E-state index contributed by atoms with van der Waals surface area (Å²) in [7, 11) is 0. The van der Waals surface area contributed by atoms with E-state index in [0.717, 1.165) is 6.92 Å². The van der Waals surface area contributed by atoms with E-state index in [1.807, 2.05) is 0 Å². The molecule has 0 aliphatic rings. The van der Waals surface area contributed by atoms with Gasteiger partial charge < -0.3 is 133 Å². The summed E-state index contributed by atoms with van der Waals surface area (Å²) in [6.07, 6.45) is -2.17. The van der Waals surface area contributed by atoms with Gasteiger partial charge in [0, 0.05) is 44.3 Å². The van der Waals surface area contributed by atoms with E-state index < -0.39 is 242 Å². The molecule has 1 heterocycles. The molecule has 120 heavy (non-hydrogen) atoms. The molecule has 0 aliphatic carbocycles. The van der Waals surface area contributed by atoms with Crippen LogP contribution in [0.25, 0.3) is 0 Å². The zero-order chi connectivity index (χ0) is 90.6. The van der Waals surface area contributed by atoms with Crippen molar-refractivity contribution >= 4 is 125 Å². The number of hydrogen-bond acceptors (Lipinski definition) is 24. The molecular weight excluding hydrogens is 1590 g/mol.